The van der Waals surface area contributed by atoms with Crippen molar-refractivity contribution in [3.63, 3.8) is 0 Å². The lowest BCUT2D eigenvalue weighted by Crippen LogP contribution is -2.35. The fourth-order valence-electron chi connectivity index (χ4n) is 1.34. The third-order valence-electron chi connectivity index (χ3n) is 2.54. The van der Waals surface area contributed by atoms with Crippen LogP contribution in [0.1, 0.15) is 33.1 Å². The van der Waals surface area contributed by atoms with Gasteiger partial charge in [-0.25, -0.2) is 0 Å². The Hall–Kier alpha value is -0.0800. The molecule has 1 saturated carbocycles. The van der Waals surface area contributed by atoms with Gasteiger partial charge in [-0.1, -0.05) is 20.3 Å². The lowest BCUT2D eigenvalue weighted by atomic mass is 10.1. The molecule has 0 amide bonds. The Morgan fingerprint density at radius 3 is 2.55 bits per heavy atom. The monoisotopic (exact) mass is 156 g/mol. The SMILES string of the molecule is CCC(C)CN(CN)C1CC1. The van der Waals surface area contributed by atoms with Crippen LogP contribution < -0.4 is 5.73 Å². The quantitative estimate of drug-likeness (QED) is 0.610. The average molecular weight is 156 g/mol. The molecule has 1 atom stereocenters. The molecule has 2 heteroatoms. The summed E-state index contributed by atoms with van der Waals surface area (Å²) < 4.78 is 0. The predicted octanol–water partition coefficient (Wildman–Crippen LogP) is 1.41. The molecule has 0 heterocycles. The zero-order chi connectivity index (χ0) is 8.27. The first-order valence-corrected chi connectivity index (χ1v) is 4.72. The zero-order valence-corrected chi connectivity index (χ0v) is 7.71. The highest BCUT2D eigenvalue weighted by molar-refractivity contribution is 4.84. The summed E-state index contributed by atoms with van der Waals surface area (Å²) >= 11 is 0. The molecule has 1 aliphatic rings. The summed E-state index contributed by atoms with van der Waals surface area (Å²) in [6.07, 6.45) is 4.00. The maximum atomic E-state index is 5.64. The van der Waals surface area contributed by atoms with Crippen molar-refractivity contribution in [2.45, 2.75) is 39.2 Å². The first-order chi connectivity index (χ1) is 5.27. The van der Waals surface area contributed by atoms with Crippen molar-refractivity contribution < 1.29 is 0 Å². The maximum Gasteiger partial charge on any atom is 0.0458 e. The summed E-state index contributed by atoms with van der Waals surface area (Å²) in [6, 6.07) is 0.828. The Bertz CT molecular complexity index is 110. The number of hydrogen-bond acceptors (Lipinski definition) is 2. The van der Waals surface area contributed by atoms with Crippen LogP contribution in [0.15, 0.2) is 0 Å². The minimum atomic E-state index is 0.745. The summed E-state index contributed by atoms with van der Waals surface area (Å²) in [5, 5.41) is 0. The fourth-order valence-corrected chi connectivity index (χ4v) is 1.34. The topological polar surface area (TPSA) is 29.3 Å². The Morgan fingerprint density at radius 1 is 1.55 bits per heavy atom. The van der Waals surface area contributed by atoms with Crippen LogP contribution in [0.5, 0.6) is 0 Å². The standard InChI is InChI=1S/C9H20N2/c1-3-8(2)6-11(7-10)9-4-5-9/h8-9H,3-7,10H2,1-2H3. The van der Waals surface area contributed by atoms with Gasteiger partial charge in [-0.3, -0.25) is 4.90 Å². The molecule has 0 aliphatic heterocycles. The minimum absolute atomic E-state index is 0.745. The first-order valence-electron chi connectivity index (χ1n) is 4.72. The van der Waals surface area contributed by atoms with E-state index in [1.165, 1.54) is 25.8 Å². The van der Waals surface area contributed by atoms with E-state index in [1.807, 2.05) is 0 Å². The second-order valence-corrected chi connectivity index (χ2v) is 3.70. The highest BCUT2D eigenvalue weighted by atomic mass is 15.2. The normalized spacial score (nSPS) is 20.7. The molecule has 0 aromatic heterocycles. The number of hydrogen-bond donors (Lipinski definition) is 1. The van der Waals surface area contributed by atoms with Crippen molar-refractivity contribution in [2.75, 3.05) is 13.2 Å². The number of nitrogens with zero attached hydrogens (tertiary/aromatic N) is 1. The summed E-state index contributed by atoms with van der Waals surface area (Å²) in [5.41, 5.74) is 5.64. The van der Waals surface area contributed by atoms with Crippen molar-refractivity contribution >= 4 is 0 Å². The molecule has 11 heavy (non-hydrogen) atoms. The van der Waals surface area contributed by atoms with E-state index in [9.17, 15) is 0 Å². The molecule has 1 rings (SSSR count). The van der Waals surface area contributed by atoms with Crippen LogP contribution in [-0.4, -0.2) is 24.2 Å². The van der Waals surface area contributed by atoms with Crippen LogP contribution in [0.3, 0.4) is 0 Å². The van der Waals surface area contributed by atoms with E-state index in [0.717, 1.165) is 18.6 Å². The van der Waals surface area contributed by atoms with Gasteiger partial charge >= 0.3 is 0 Å². The minimum Gasteiger partial charge on any atom is -0.318 e. The molecule has 1 aliphatic carbocycles. The van der Waals surface area contributed by atoms with Crippen LogP contribution in [-0.2, 0) is 0 Å². The van der Waals surface area contributed by atoms with E-state index in [4.69, 9.17) is 5.73 Å². The summed E-state index contributed by atoms with van der Waals surface area (Å²) in [4.78, 5) is 2.41. The lowest BCUT2D eigenvalue weighted by Gasteiger charge is -2.22. The van der Waals surface area contributed by atoms with Crippen LogP contribution >= 0.6 is 0 Å². The van der Waals surface area contributed by atoms with E-state index < -0.39 is 0 Å². The molecule has 66 valence electrons. The molecule has 0 aromatic carbocycles. The van der Waals surface area contributed by atoms with Gasteiger partial charge in [0.2, 0.25) is 0 Å². The molecule has 0 aromatic rings. The predicted molar refractivity (Wildman–Crippen MR) is 48.2 cm³/mol. The smallest absolute Gasteiger partial charge is 0.0458 e. The summed E-state index contributed by atoms with van der Waals surface area (Å²) in [7, 11) is 0. The van der Waals surface area contributed by atoms with E-state index in [0.29, 0.717) is 0 Å². The third kappa shape index (κ3) is 2.80. The Morgan fingerprint density at radius 2 is 2.18 bits per heavy atom. The zero-order valence-electron chi connectivity index (χ0n) is 7.71. The molecule has 1 fully saturated rings. The van der Waals surface area contributed by atoms with Gasteiger partial charge in [-0.2, -0.15) is 0 Å². The fraction of sp³-hybridized carbons (Fsp3) is 1.00. The Balaban J connectivity index is 2.19. The Labute approximate surface area is 69.8 Å². The third-order valence-corrected chi connectivity index (χ3v) is 2.54. The maximum absolute atomic E-state index is 5.64. The van der Waals surface area contributed by atoms with Gasteiger partial charge in [0.1, 0.15) is 0 Å². The van der Waals surface area contributed by atoms with Crippen LogP contribution in [0, 0.1) is 5.92 Å². The molecule has 2 N–H and O–H groups in total. The van der Waals surface area contributed by atoms with E-state index in [-0.39, 0.29) is 0 Å². The van der Waals surface area contributed by atoms with E-state index >= 15 is 0 Å². The van der Waals surface area contributed by atoms with Crippen LogP contribution in [0.4, 0.5) is 0 Å². The highest BCUT2D eigenvalue weighted by Crippen LogP contribution is 2.26. The van der Waals surface area contributed by atoms with Crippen LogP contribution in [0.2, 0.25) is 0 Å². The highest BCUT2D eigenvalue weighted by Gasteiger charge is 2.28. The van der Waals surface area contributed by atoms with Gasteiger partial charge in [-0.15, -0.1) is 0 Å². The van der Waals surface area contributed by atoms with Crippen molar-refractivity contribution in [3.8, 4) is 0 Å². The molecule has 0 spiro atoms. The molecule has 0 radical (unpaired) electrons. The Kier molecular flexibility index (Phi) is 3.34. The van der Waals surface area contributed by atoms with Crippen molar-refractivity contribution in [2.24, 2.45) is 11.7 Å². The molecule has 2 nitrogen and oxygen atoms in total. The second-order valence-electron chi connectivity index (χ2n) is 3.70. The van der Waals surface area contributed by atoms with Gasteiger partial charge in [0, 0.05) is 19.3 Å². The number of nitrogens with two attached hydrogens (primary N) is 1. The average Bonchev–Trinajstić information content (AvgIpc) is 2.82. The summed E-state index contributed by atoms with van der Waals surface area (Å²) in [6.45, 7) is 6.48. The van der Waals surface area contributed by atoms with Gasteiger partial charge < -0.3 is 5.73 Å². The van der Waals surface area contributed by atoms with Crippen molar-refractivity contribution in [1.82, 2.24) is 4.90 Å². The lowest BCUT2D eigenvalue weighted by molar-refractivity contribution is 0.231. The number of rotatable bonds is 5. The van der Waals surface area contributed by atoms with E-state index in [1.54, 1.807) is 0 Å². The summed E-state index contributed by atoms with van der Waals surface area (Å²) in [5.74, 6) is 0.805. The van der Waals surface area contributed by atoms with Crippen molar-refractivity contribution in [3.05, 3.63) is 0 Å². The van der Waals surface area contributed by atoms with Crippen molar-refractivity contribution in [1.29, 1.82) is 0 Å². The molecular weight excluding hydrogens is 136 g/mol. The van der Waals surface area contributed by atoms with E-state index in [2.05, 4.69) is 18.7 Å². The largest absolute Gasteiger partial charge is 0.318 e. The molecule has 0 saturated heterocycles. The van der Waals surface area contributed by atoms with Gasteiger partial charge in [0.25, 0.3) is 0 Å². The van der Waals surface area contributed by atoms with Gasteiger partial charge in [0.05, 0.1) is 0 Å². The molecule has 0 bridgehead atoms. The second kappa shape index (κ2) is 4.07. The van der Waals surface area contributed by atoms with Crippen LogP contribution in [0.25, 0.3) is 0 Å². The molecule has 1 unspecified atom stereocenters. The molecular formula is C9H20N2. The van der Waals surface area contributed by atoms with Gasteiger partial charge in [0.15, 0.2) is 0 Å². The van der Waals surface area contributed by atoms with Gasteiger partial charge in [-0.05, 0) is 18.8 Å². The first kappa shape index (κ1) is 9.01.